The van der Waals surface area contributed by atoms with Crippen molar-refractivity contribution in [2.75, 3.05) is 20.6 Å². The molecule has 1 aromatic rings. The summed E-state index contributed by atoms with van der Waals surface area (Å²) in [5, 5.41) is 6.23. The molecule has 25 heavy (non-hydrogen) atoms. The van der Waals surface area contributed by atoms with Crippen LogP contribution in [0.2, 0.25) is 0 Å². The van der Waals surface area contributed by atoms with Crippen molar-refractivity contribution in [3.05, 3.63) is 16.1 Å². The average Bonchev–Trinajstić information content (AvgIpc) is 3.10. The molecule has 2 atom stereocenters. The number of aryl methyl sites for hydroxylation is 1. The summed E-state index contributed by atoms with van der Waals surface area (Å²) < 4.78 is 0. The third kappa shape index (κ3) is 3.73. The molecule has 1 aromatic heterocycles. The van der Waals surface area contributed by atoms with Crippen LogP contribution in [0.1, 0.15) is 51.2 Å². The Morgan fingerprint density at radius 3 is 2.60 bits per heavy atom. The van der Waals surface area contributed by atoms with Crippen LogP contribution < -0.4 is 5.32 Å². The minimum atomic E-state index is -0.527. The normalized spacial score (nSPS) is 25.0. The highest BCUT2D eigenvalue weighted by molar-refractivity contribution is 7.09. The van der Waals surface area contributed by atoms with Crippen LogP contribution in [0.15, 0.2) is 5.38 Å². The molecule has 1 aliphatic carbocycles. The first-order valence-electron chi connectivity index (χ1n) is 9.06. The lowest BCUT2D eigenvalue weighted by Crippen LogP contribution is -2.49. The second-order valence-corrected chi connectivity index (χ2v) is 8.91. The van der Waals surface area contributed by atoms with Gasteiger partial charge in [-0.1, -0.05) is 27.7 Å². The summed E-state index contributed by atoms with van der Waals surface area (Å²) in [6.45, 7) is 8.80. The smallest absolute Gasteiger partial charge is 0.226 e. The number of amides is 2. The molecule has 6 heteroatoms. The van der Waals surface area contributed by atoms with E-state index in [0.717, 1.165) is 36.4 Å². The number of carbonyl (C=O) groups excluding carboxylic acids is 2. The number of carbonyl (C=O) groups is 2. The maximum atomic E-state index is 12.9. The standard InChI is InChI=1S/C19H31N3O2S/c1-7-13-12-25-15(21-13)9-11-20-17(24)19(4)10-8-14(18(19,2)3)16(23)22(5)6/h12,14H,7-11H2,1-6H3,(H,20,24)/t14-,19+/m0/s1. The van der Waals surface area contributed by atoms with Gasteiger partial charge in [0, 0.05) is 38.4 Å². The van der Waals surface area contributed by atoms with Crippen molar-refractivity contribution in [2.24, 2.45) is 16.7 Å². The Morgan fingerprint density at radius 2 is 2.04 bits per heavy atom. The summed E-state index contributed by atoms with van der Waals surface area (Å²) in [4.78, 5) is 31.6. The van der Waals surface area contributed by atoms with Crippen molar-refractivity contribution in [3.63, 3.8) is 0 Å². The zero-order valence-corrected chi connectivity index (χ0v) is 17.1. The molecule has 1 fully saturated rings. The summed E-state index contributed by atoms with van der Waals surface area (Å²) in [7, 11) is 3.57. The average molecular weight is 366 g/mol. The summed E-state index contributed by atoms with van der Waals surface area (Å²) in [6, 6.07) is 0. The van der Waals surface area contributed by atoms with E-state index in [9.17, 15) is 9.59 Å². The lowest BCUT2D eigenvalue weighted by Gasteiger charge is -2.40. The summed E-state index contributed by atoms with van der Waals surface area (Å²) in [5.41, 5.74) is 0.218. The molecule has 0 radical (unpaired) electrons. The molecule has 1 N–H and O–H groups in total. The first kappa shape index (κ1) is 19.9. The summed E-state index contributed by atoms with van der Waals surface area (Å²) in [6.07, 6.45) is 3.21. The zero-order valence-electron chi connectivity index (χ0n) is 16.3. The van der Waals surface area contributed by atoms with Crippen molar-refractivity contribution in [2.45, 2.75) is 53.4 Å². The fourth-order valence-electron chi connectivity index (χ4n) is 3.75. The molecule has 1 heterocycles. The summed E-state index contributed by atoms with van der Waals surface area (Å²) in [5.74, 6) is 0.0690. The van der Waals surface area contributed by atoms with Gasteiger partial charge >= 0.3 is 0 Å². The maximum Gasteiger partial charge on any atom is 0.226 e. The molecule has 2 rings (SSSR count). The van der Waals surface area contributed by atoms with Gasteiger partial charge in [0.1, 0.15) is 0 Å². The van der Waals surface area contributed by atoms with Crippen molar-refractivity contribution >= 4 is 23.2 Å². The number of rotatable bonds is 6. The van der Waals surface area contributed by atoms with Gasteiger partial charge in [0.15, 0.2) is 0 Å². The van der Waals surface area contributed by atoms with Gasteiger partial charge in [-0.2, -0.15) is 0 Å². The molecular weight excluding hydrogens is 334 g/mol. The van der Waals surface area contributed by atoms with Gasteiger partial charge in [0.25, 0.3) is 0 Å². The fourth-order valence-corrected chi connectivity index (χ4v) is 4.64. The molecule has 0 unspecified atom stereocenters. The van der Waals surface area contributed by atoms with Crippen molar-refractivity contribution < 1.29 is 9.59 Å². The number of hydrogen-bond acceptors (Lipinski definition) is 4. The quantitative estimate of drug-likeness (QED) is 0.843. The SMILES string of the molecule is CCc1csc(CCNC(=O)[C@@]2(C)CC[C@@H](C(=O)N(C)C)C2(C)C)n1. The third-order valence-corrected chi connectivity index (χ3v) is 7.01. The van der Waals surface area contributed by atoms with Crippen LogP contribution in [0.3, 0.4) is 0 Å². The van der Waals surface area contributed by atoms with Crippen LogP contribution in [-0.2, 0) is 22.4 Å². The molecule has 1 aliphatic rings. The van der Waals surface area contributed by atoms with E-state index < -0.39 is 5.41 Å². The second kappa shape index (κ2) is 7.44. The first-order chi connectivity index (χ1) is 11.6. The molecule has 2 amide bonds. The molecule has 0 spiro atoms. The highest BCUT2D eigenvalue weighted by Crippen LogP contribution is 2.56. The number of thiazole rings is 1. The minimum absolute atomic E-state index is 0.0545. The van der Waals surface area contributed by atoms with Gasteiger partial charge in [-0.25, -0.2) is 4.98 Å². The Hall–Kier alpha value is -1.43. The second-order valence-electron chi connectivity index (χ2n) is 7.97. The molecule has 5 nitrogen and oxygen atoms in total. The Kier molecular flexibility index (Phi) is 5.92. The van der Waals surface area contributed by atoms with Crippen LogP contribution in [0.4, 0.5) is 0 Å². The van der Waals surface area contributed by atoms with E-state index >= 15 is 0 Å². The molecule has 0 aliphatic heterocycles. The number of nitrogens with one attached hydrogen (secondary N) is 1. The summed E-state index contributed by atoms with van der Waals surface area (Å²) >= 11 is 1.65. The van der Waals surface area contributed by atoms with Crippen LogP contribution in [0.5, 0.6) is 0 Å². The Bertz CT molecular complexity index is 638. The van der Waals surface area contributed by atoms with E-state index in [2.05, 4.69) is 36.5 Å². The van der Waals surface area contributed by atoms with Gasteiger partial charge in [-0.3, -0.25) is 9.59 Å². The van der Waals surface area contributed by atoms with E-state index in [0.29, 0.717) is 6.54 Å². The maximum absolute atomic E-state index is 12.9. The van der Waals surface area contributed by atoms with Crippen molar-refractivity contribution in [1.82, 2.24) is 15.2 Å². The largest absolute Gasteiger partial charge is 0.355 e. The Morgan fingerprint density at radius 1 is 1.36 bits per heavy atom. The van der Waals surface area contributed by atoms with E-state index in [1.54, 1.807) is 30.3 Å². The Labute approximate surface area is 155 Å². The predicted octanol–water partition coefficient (Wildman–Crippen LogP) is 2.89. The third-order valence-electron chi connectivity index (χ3n) is 6.05. The van der Waals surface area contributed by atoms with E-state index in [-0.39, 0.29) is 23.1 Å². The first-order valence-corrected chi connectivity index (χ1v) is 9.94. The van der Waals surface area contributed by atoms with Crippen LogP contribution in [0, 0.1) is 16.7 Å². The van der Waals surface area contributed by atoms with Crippen molar-refractivity contribution in [3.8, 4) is 0 Å². The topological polar surface area (TPSA) is 62.3 Å². The Balaban J connectivity index is 1.99. The van der Waals surface area contributed by atoms with E-state index in [1.165, 1.54) is 0 Å². The predicted molar refractivity (Wildman–Crippen MR) is 102 cm³/mol. The van der Waals surface area contributed by atoms with E-state index in [1.807, 2.05) is 6.92 Å². The number of aromatic nitrogens is 1. The zero-order chi connectivity index (χ0) is 18.8. The monoisotopic (exact) mass is 365 g/mol. The molecular formula is C19H31N3O2S. The van der Waals surface area contributed by atoms with Crippen LogP contribution >= 0.6 is 11.3 Å². The minimum Gasteiger partial charge on any atom is -0.355 e. The van der Waals surface area contributed by atoms with Gasteiger partial charge < -0.3 is 10.2 Å². The van der Waals surface area contributed by atoms with Gasteiger partial charge in [0.05, 0.1) is 16.1 Å². The molecule has 0 aromatic carbocycles. The number of hydrogen-bond donors (Lipinski definition) is 1. The van der Waals surface area contributed by atoms with Crippen molar-refractivity contribution in [1.29, 1.82) is 0 Å². The number of nitrogens with zero attached hydrogens (tertiary/aromatic N) is 2. The highest BCUT2D eigenvalue weighted by Gasteiger charge is 2.58. The van der Waals surface area contributed by atoms with Gasteiger partial charge in [-0.15, -0.1) is 11.3 Å². The highest BCUT2D eigenvalue weighted by atomic mass is 32.1. The molecule has 0 saturated heterocycles. The fraction of sp³-hybridized carbons (Fsp3) is 0.737. The lowest BCUT2D eigenvalue weighted by molar-refractivity contribution is -0.142. The van der Waals surface area contributed by atoms with Crippen LogP contribution in [-0.4, -0.2) is 42.3 Å². The molecule has 1 saturated carbocycles. The molecule has 0 bridgehead atoms. The van der Waals surface area contributed by atoms with Gasteiger partial charge in [0.2, 0.25) is 11.8 Å². The van der Waals surface area contributed by atoms with E-state index in [4.69, 9.17) is 0 Å². The van der Waals surface area contributed by atoms with Crippen LogP contribution in [0.25, 0.3) is 0 Å². The molecule has 140 valence electrons. The van der Waals surface area contributed by atoms with Gasteiger partial charge in [-0.05, 0) is 24.7 Å². The lowest BCUT2D eigenvalue weighted by atomic mass is 9.65.